The number of ether oxygens (including phenoxy) is 4. The fraction of sp³-hybridized carbons (Fsp3) is 0.394. The number of hydrogen-bond acceptors (Lipinski definition) is 5. The van der Waals surface area contributed by atoms with Crippen molar-refractivity contribution in [2.75, 3.05) is 34.6 Å². The summed E-state index contributed by atoms with van der Waals surface area (Å²) in [4.78, 5) is 0. The molecule has 0 amide bonds. The second-order valence-electron chi connectivity index (χ2n) is 10.4. The summed E-state index contributed by atoms with van der Waals surface area (Å²) in [5.74, 6) is 2.94. The van der Waals surface area contributed by atoms with Gasteiger partial charge in [0, 0.05) is 12.5 Å². The van der Waals surface area contributed by atoms with Gasteiger partial charge in [-0.15, -0.1) is 0 Å². The summed E-state index contributed by atoms with van der Waals surface area (Å²) in [5.41, 5.74) is 4.36. The minimum Gasteiger partial charge on any atom is -0.496 e. The van der Waals surface area contributed by atoms with E-state index in [1.165, 1.54) is 11.1 Å². The summed E-state index contributed by atoms with van der Waals surface area (Å²) < 4.78 is 36.1. The van der Waals surface area contributed by atoms with E-state index in [-0.39, 0.29) is 5.41 Å². The van der Waals surface area contributed by atoms with Crippen molar-refractivity contribution >= 4 is 20.0 Å². The van der Waals surface area contributed by atoms with Crippen LogP contribution in [0.1, 0.15) is 57.6 Å². The average molecular weight is 550 g/mol. The number of hydrogen-bond donors (Lipinski definition) is 0. The Morgan fingerprint density at radius 1 is 0.897 bits per heavy atom. The van der Waals surface area contributed by atoms with Crippen LogP contribution in [0, 0.1) is 5.41 Å². The monoisotopic (exact) mass is 549 g/mol. The van der Waals surface area contributed by atoms with Crippen LogP contribution in [0.3, 0.4) is 0 Å². The number of allylic oxidation sites excluding steroid dienone is 6. The Morgan fingerprint density at radius 2 is 1.44 bits per heavy atom. The molecule has 6 heteroatoms. The molecule has 5 nitrogen and oxygen atoms in total. The predicted octanol–water partition coefficient (Wildman–Crippen LogP) is 9.08. The second kappa shape index (κ2) is 14.2. The third-order valence-corrected chi connectivity index (χ3v) is 8.59. The summed E-state index contributed by atoms with van der Waals surface area (Å²) in [6.07, 6.45) is 14.4. The highest BCUT2D eigenvalue weighted by molar-refractivity contribution is 7.50. The molecule has 0 heterocycles. The van der Waals surface area contributed by atoms with Gasteiger partial charge in [-0.1, -0.05) is 60.4 Å². The SMILES string of the molecule is COc1cccc(OC)c1C=CCCCC(=Cc1c(OC)cccc1OC)[P+](=O)CC1=C(C)CC(C)(C)C=C1. The number of unbranched alkanes of at least 4 members (excludes halogenated alkanes) is 1. The van der Waals surface area contributed by atoms with E-state index in [1.54, 1.807) is 28.4 Å². The van der Waals surface area contributed by atoms with E-state index in [0.29, 0.717) is 24.1 Å². The van der Waals surface area contributed by atoms with E-state index < -0.39 is 7.80 Å². The second-order valence-corrected chi connectivity index (χ2v) is 12.1. The van der Waals surface area contributed by atoms with Crippen molar-refractivity contribution in [2.24, 2.45) is 5.41 Å². The third-order valence-electron chi connectivity index (χ3n) is 6.97. The molecule has 39 heavy (non-hydrogen) atoms. The van der Waals surface area contributed by atoms with Crippen LogP contribution in [0.5, 0.6) is 23.0 Å². The van der Waals surface area contributed by atoms with Gasteiger partial charge >= 0.3 is 7.80 Å². The fourth-order valence-corrected chi connectivity index (χ4v) is 6.44. The van der Waals surface area contributed by atoms with Gasteiger partial charge in [-0.25, -0.2) is 0 Å². The quantitative estimate of drug-likeness (QED) is 0.184. The summed E-state index contributed by atoms with van der Waals surface area (Å²) in [6.45, 7) is 6.63. The zero-order chi connectivity index (χ0) is 28.4. The van der Waals surface area contributed by atoms with E-state index >= 15 is 0 Å². The fourth-order valence-electron chi connectivity index (χ4n) is 4.87. The Kier molecular flexibility index (Phi) is 11.0. The van der Waals surface area contributed by atoms with Crippen molar-refractivity contribution in [3.63, 3.8) is 0 Å². The molecule has 1 unspecified atom stereocenters. The predicted molar refractivity (Wildman–Crippen MR) is 163 cm³/mol. The van der Waals surface area contributed by atoms with Crippen molar-refractivity contribution < 1.29 is 23.5 Å². The molecular weight excluding hydrogens is 507 g/mol. The van der Waals surface area contributed by atoms with Crippen LogP contribution in [0.4, 0.5) is 0 Å². The first-order valence-electron chi connectivity index (χ1n) is 13.3. The minimum atomic E-state index is -1.64. The highest BCUT2D eigenvalue weighted by atomic mass is 31.1. The zero-order valence-electron chi connectivity index (χ0n) is 24.4. The van der Waals surface area contributed by atoms with E-state index in [1.807, 2.05) is 48.6 Å². The van der Waals surface area contributed by atoms with Gasteiger partial charge in [0.25, 0.3) is 0 Å². The van der Waals surface area contributed by atoms with Crippen molar-refractivity contribution in [3.05, 3.63) is 82.2 Å². The molecule has 0 radical (unpaired) electrons. The van der Waals surface area contributed by atoms with Crippen molar-refractivity contribution in [2.45, 2.75) is 46.5 Å². The van der Waals surface area contributed by atoms with E-state index in [2.05, 4.69) is 39.0 Å². The summed E-state index contributed by atoms with van der Waals surface area (Å²) >= 11 is 0. The van der Waals surface area contributed by atoms with Crippen molar-refractivity contribution in [1.82, 2.24) is 0 Å². The molecule has 0 saturated heterocycles. The molecule has 3 rings (SSSR count). The standard InChI is InChI=1S/C33H42O5P/c1-24-22-33(2,3)20-19-25(24)23-39(34)26(21-28-31(37-6)17-12-18-32(28)38-7)13-9-8-10-14-27-29(35-4)15-11-16-30(27)36-5/h10-12,14-21H,8-9,13,22-23H2,1-7H3/q+1. The largest absolute Gasteiger partial charge is 0.496 e. The van der Waals surface area contributed by atoms with Gasteiger partial charge in [0.1, 0.15) is 23.0 Å². The molecule has 2 aromatic carbocycles. The first kappa shape index (κ1) is 30.2. The summed E-state index contributed by atoms with van der Waals surface area (Å²) in [6, 6.07) is 11.5. The first-order chi connectivity index (χ1) is 18.7. The van der Waals surface area contributed by atoms with Crippen LogP contribution in [0.25, 0.3) is 12.2 Å². The lowest BCUT2D eigenvalue weighted by atomic mass is 9.80. The molecule has 0 aliphatic heterocycles. The van der Waals surface area contributed by atoms with Gasteiger partial charge in [-0.05, 0) is 61.4 Å². The highest BCUT2D eigenvalue weighted by Crippen LogP contribution is 2.44. The van der Waals surface area contributed by atoms with E-state index in [0.717, 1.165) is 47.2 Å². The molecular formula is C33H42O5P+. The summed E-state index contributed by atoms with van der Waals surface area (Å²) in [5, 5.41) is 0.912. The van der Waals surface area contributed by atoms with E-state index in [9.17, 15) is 4.57 Å². The molecule has 0 bridgehead atoms. The Hall–Kier alpha value is -3.30. The van der Waals surface area contributed by atoms with Crippen LogP contribution in [-0.2, 0) is 4.57 Å². The maximum Gasteiger partial charge on any atom is 0.377 e. The first-order valence-corrected chi connectivity index (χ1v) is 14.8. The van der Waals surface area contributed by atoms with Gasteiger partial charge in [0.15, 0.2) is 11.5 Å². The van der Waals surface area contributed by atoms with Crippen LogP contribution in [-0.4, -0.2) is 34.6 Å². The smallest absolute Gasteiger partial charge is 0.377 e. The lowest BCUT2D eigenvalue weighted by Gasteiger charge is -2.25. The zero-order valence-corrected chi connectivity index (χ0v) is 25.3. The lowest BCUT2D eigenvalue weighted by molar-refractivity contribution is 0.392. The molecule has 0 aromatic heterocycles. The van der Waals surface area contributed by atoms with Gasteiger partial charge < -0.3 is 18.9 Å². The maximum absolute atomic E-state index is 13.9. The van der Waals surface area contributed by atoms with E-state index in [4.69, 9.17) is 18.9 Å². The Labute approximate surface area is 235 Å². The molecule has 0 N–H and O–H groups in total. The van der Waals surface area contributed by atoms with Crippen molar-refractivity contribution in [1.29, 1.82) is 0 Å². The number of benzene rings is 2. The van der Waals surface area contributed by atoms with Crippen LogP contribution in [0.2, 0.25) is 0 Å². The molecule has 2 aromatic rings. The molecule has 0 spiro atoms. The maximum atomic E-state index is 13.9. The Bertz CT molecular complexity index is 1240. The molecule has 0 fully saturated rings. The molecule has 1 aliphatic rings. The normalized spacial score (nSPS) is 15.5. The van der Waals surface area contributed by atoms with Crippen LogP contribution < -0.4 is 18.9 Å². The van der Waals surface area contributed by atoms with Crippen molar-refractivity contribution in [3.8, 4) is 23.0 Å². The van der Waals surface area contributed by atoms with Crippen LogP contribution in [0.15, 0.2) is 71.1 Å². The van der Waals surface area contributed by atoms with Gasteiger partial charge in [-0.2, -0.15) is 0 Å². The Balaban J connectivity index is 1.84. The van der Waals surface area contributed by atoms with Crippen LogP contribution >= 0.6 is 7.80 Å². The number of methoxy groups -OCH3 is 4. The molecule has 208 valence electrons. The third kappa shape index (κ3) is 8.10. The summed E-state index contributed by atoms with van der Waals surface area (Å²) in [7, 11) is 4.97. The topological polar surface area (TPSA) is 54.0 Å². The Morgan fingerprint density at radius 3 is 1.95 bits per heavy atom. The van der Waals surface area contributed by atoms with Gasteiger partial charge in [-0.3, -0.25) is 0 Å². The molecule has 0 saturated carbocycles. The molecule has 1 atom stereocenters. The van der Waals surface area contributed by atoms with Gasteiger partial charge in [0.2, 0.25) is 0 Å². The minimum absolute atomic E-state index is 0.138. The lowest BCUT2D eigenvalue weighted by Crippen LogP contribution is -2.13. The number of rotatable bonds is 13. The molecule has 1 aliphatic carbocycles. The average Bonchev–Trinajstić information content (AvgIpc) is 2.93. The van der Waals surface area contributed by atoms with Gasteiger partial charge in [0.05, 0.1) is 39.6 Å². The highest BCUT2D eigenvalue weighted by Gasteiger charge is 2.29.